The Hall–Kier alpha value is -1.35. The number of aromatic nitrogens is 2. The Kier molecular flexibility index (Phi) is 3.25. The zero-order chi connectivity index (χ0) is 11.5. The van der Waals surface area contributed by atoms with Crippen molar-refractivity contribution in [3.05, 3.63) is 29.4 Å². The van der Waals surface area contributed by atoms with Crippen LogP contribution in [0.1, 0.15) is 20.3 Å². The summed E-state index contributed by atoms with van der Waals surface area (Å²) in [6.07, 6.45) is 1.02. The van der Waals surface area contributed by atoms with Gasteiger partial charge in [-0.2, -0.15) is 0 Å². The zero-order valence-corrected chi connectivity index (χ0v) is 10.1. The maximum atomic E-state index is 6.10. The third kappa shape index (κ3) is 2.25. The second-order valence-corrected chi connectivity index (χ2v) is 4.17. The van der Waals surface area contributed by atoms with Crippen LogP contribution in [0, 0.1) is 0 Å². The second kappa shape index (κ2) is 4.66. The van der Waals surface area contributed by atoms with Crippen molar-refractivity contribution in [1.82, 2.24) is 9.97 Å². The van der Waals surface area contributed by atoms with Crippen molar-refractivity contribution in [3.8, 4) is 0 Å². The van der Waals surface area contributed by atoms with Gasteiger partial charge in [-0.25, -0.2) is 9.97 Å². The molecule has 0 aliphatic rings. The fourth-order valence-electron chi connectivity index (χ4n) is 1.42. The number of anilines is 1. The van der Waals surface area contributed by atoms with Crippen molar-refractivity contribution < 1.29 is 0 Å². The van der Waals surface area contributed by atoms with E-state index in [9.17, 15) is 0 Å². The van der Waals surface area contributed by atoms with Gasteiger partial charge in [0.05, 0.1) is 5.52 Å². The molecule has 0 fully saturated rings. The summed E-state index contributed by atoms with van der Waals surface area (Å²) in [5.41, 5.74) is 0.869. The molecule has 2 rings (SSSR count). The SMILES string of the molecule is CCC(C)Nc1nc(Cl)c2ccccc2n1. The van der Waals surface area contributed by atoms with E-state index in [-0.39, 0.29) is 0 Å². The molecule has 0 bridgehead atoms. The van der Waals surface area contributed by atoms with Gasteiger partial charge in [-0.15, -0.1) is 0 Å². The normalized spacial score (nSPS) is 12.7. The van der Waals surface area contributed by atoms with E-state index >= 15 is 0 Å². The van der Waals surface area contributed by atoms with E-state index in [1.165, 1.54) is 0 Å². The first-order valence-corrected chi connectivity index (χ1v) is 5.77. The highest BCUT2D eigenvalue weighted by molar-refractivity contribution is 6.34. The smallest absolute Gasteiger partial charge is 0.224 e. The number of para-hydroxylation sites is 1. The summed E-state index contributed by atoms with van der Waals surface area (Å²) in [7, 11) is 0. The van der Waals surface area contributed by atoms with Gasteiger partial charge in [0.2, 0.25) is 5.95 Å². The Morgan fingerprint density at radius 2 is 2.06 bits per heavy atom. The Morgan fingerprint density at radius 1 is 1.31 bits per heavy atom. The van der Waals surface area contributed by atoms with Gasteiger partial charge in [0.25, 0.3) is 0 Å². The highest BCUT2D eigenvalue weighted by Gasteiger charge is 2.06. The molecule has 84 valence electrons. The molecule has 0 saturated carbocycles. The average molecular weight is 236 g/mol. The lowest BCUT2D eigenvalue weighted by Gasteiger charge is -2.11. The highest BCUT2D eigenvalue weighted by atomic mass is 35.5. The van der Waals surface area contributed by atoms with Crippen LogP contribution in [0.2, 0.25) is 5.15 Å². The molecule has 1 aromatic carbocycles. The molecule has 3 nitrogen and oxygen atoms in total. The van der Waals surface area contributed by atoms with Crippen LogP contribution in [-0.2, 0) is 0 Å². The minimum Gasteiger partial charge on any atom is -0.352 e. The van der Waals surface area contributed by atoms with E-state index < -0.39 is 0 Å². The molecule has 1 heterocycles. The first-order chi connectivity index (χ1) is 7.70. The summed E-state index contributed by atoms with van der Waals surface area (Å²) >= 11 is 6.10. The van der Waals surface area contributed by atoms with Crippen LogP contribution in [0.25, 0.3) is 10.9 Å². The second-order valence-electron chi connectivity index (χ2n) is 3.81. The van der Waals surface area contributed by atoms with Crippen LogP contribution in [0.5, 0.6) is 0 Å². The number of hydrogen-bond acceptors (Lipinski definition) is 3. The van der Waals surface area contributed by atoms with E-state index in [1.54, 1.807) is 0 Å². The van der Waals surface area contributed by atoms with Gasteiger partial charge in [0, 0.05) is 11.4 Å². The number of rotatable bonds is 3. The average Bonchev–Trinajstić information content (AvgIpc) is 2.29. The van der Waals surface area contributed by atoms with E-state index in [4.69, 9.17) is 11.6 Å². The van der Waals surface area contributed by atoms with Gasteiger partial charge in [-0.3, -0.25) is 0 Å². The number of benzene rings is 1. The van der Waals surface area contributed by atoms with Gasteiger partial charge in [-0.05, 0) is 25.5 Å². The molecule has 1 atom stereocenters. The first-order valence-electron chi connectivity index (χ1n) is 5.39. The maximum absolute atomic E-state index is 6.10. The molecule has 0 aliphatic heterocycles. The van der Waals surface area contributed by atoms with Crippen molar-refractivity contribution in [2.24, 2.45) is 0 Å². The number of fused-ring (bicyclic) bond motifs is 1. The van der Waals surface area contributed by atoms with Gasteiger partial charge >= 0.3 is 0 Å². The molecule has 0 amide bonds. The Balaban J connectivity index is 2.41. The summed E-state index contributed by atoms with van der Waals surface area (Å²) in [6.45, 7) is 4.20. The Morgan fingerprint density at radius 3 is 2.81 bits per heavy atom. The van der Waals surface area contributed by atoms with Crippen molar-refractivity contribution in [1.29, 1.82) is 0 Å². The Labute approximate surface area is 99.9 Å². The third-order valence-electron chi connectivity index (χ3n) is 2.54. The van der Waals surface area contributed by atoms with E-state index in [0.717, 1.165) is 17.3 Å². The van der Waals surface area contributed by atoms with Crippen LogP contribution in [0.15, 0.2) is 24.3 Å². The van der Waals surface area contributed by atoms with E-state index in [1.807, 2.05) is 24.3 Å². The van der Waals surface area contributed by atoms with Gasteiger partial charge in [0.1, 0.15) is 5.15 Å². The predicted octanol–water partition coefficient (Wildman–Crippen LogP) is 3.49. The topological polar surface area (TPSA) is 37.8 Å². The summed E-state index contributed by atoms with van der Waals surface area (Å²) in [5.74, 6) is 0.595. The fraction of sp³-hybridized carbons (Fsp3) is 0.333. The van der Waals surface area contributed by atoms with Crippen molar-refractivity contribution in [3.63, 3.8) is 0 Å². The highest BCUT2D eigenvalue weighted by Crippen LogP contribution is 2.21. The van der Waals surface area contributed by atoms with Gasteiger partial charge in [0.15, 0.2) is 0 Å². The predicted molar refractivity (Wildman–Crippen MR) is 67.9 cm³/mol. The lowest BCUT2D eigenvalue weighted by atomic mass is 10.2. The quantitative estimate of drug-likeness (QED) is 0.828. The largest absolute Gasteiger partial charge is 0.352 e. The molecule has 0 spiro atoms. The molecule has 1 aromatic heterocycles. The van der Waals surface area contributed by atoms with Crippen LogP contribution < -0.4 is 5.32 Å². The molecule has 4 heteroatoms. The first kappa shape index (κ1) is 11.1. The van der Waals surface area contributed by atoms with Crippen LogP contribution in [0.4, 0.5) is 5.95 Å². The lowest BCUT2D eigenvalue weighted by molar-refractivity contribution is 0.754. The molecule has 2 aromatic rings. The third-order valence-corrected chi connectivity index (χ3v) is 2.83. The standard InChI is InChI=1S/C12H14ClN3/c1-3-8(2)14-12-15-10-7-5-4-6-9(10)11(13)16-12/h4-8H,3H2,1-2H3,(H,14,15,16). The molecular weight excluding hydrogens is 222 g/mol. The summed E-state index contributed by atoms with van der Waals surface area (Å²) in [4.78, 5) is 8.65. The van der Waals surface area contributed by atoms with Crippen LogP contribution in [0.3, 0.4) is 0 Å². The fourth-order valence-corrected chi connectivity index (χ4v) is 1.66. The molecule has 1 unspecified atom stereocenters. The molecule has 16 heavy (non-hydrogen) atoms. The molecular formula is C12H14ClN3. The minimum atomic E-state index is 0.345. The van der Waals surface area contributed by atoms with Crippen LogP contribution in [-0.4, -0.2) is 16.0 Å². The van der Waals surface area contributed by atoms with Crippen molar-refractivity contribution in [2.45, 2.75) is 26.3 Å². The van der Waals surface area contributed by atoms with Crippen molar-refractivity contribution >= 4 is 28.5 Å². The minimum absolute atomic E-state index is 0.345. The monoisotopic (exact) mass is 235 g/mol. The molecule has 0 radical (unpaired) electrons. The van der Waals surface area contributed by atoms with E-state index in [0.29, 0.717) is 17.1 Å². The summed E-state index contributed by atoms with van der Waals surface area (Å²) in [6, 6.07) is 8.07. The summed E-state index contributed by atoms with van der Waals surface area (Å²) < 4.78 is 0. The van der Waals surface area contributed by atoms with Gasteiger partial charge < -0.3 is 5.32 Å². The number of nitrogens with zero attached hydrogens (tertiary/aromatic N) is 2. The number of nitrogens with one attached hydrogen (secondary N) is 1. The van der Waals surface area contributed by atoms with E-state index in [2.05, 4.69) is 29.1 Å². The summed E-state index contributed by atoms with van der Waals surface area (Å²) in [5, 5.41) is 4.60. The molecule has 0 aliphatic carbocycles. The zero-order valence-electron chi connectivity index (χ0n) is 9.37. The number of halogens is 1. The van der Waals surface area contributed by atoms with Gasteiger partial charge in [-0.1, -0.05) is 30.7 Å². The molecule has 0 saturated heterocycles. The van der Waals surface area contributed by atoms with Crippen molar-refractivity contribution in [2.75, 3.05) is 5.32 Å². The lowest BCUT2D eigenvalue weighted by Crippen LogP contribution is -2.15. The van der Waals surface area contributed by atoms with Crippen LogP contribution >= 0.6 is 11.6 Å². The Bertz CT molecular complexity index is 499. The molecule has 1 N–H and O–H groups in total. The maximum Gasteiger partial charge on any atom is 0.224 e. The number of hydrogen-bond donors (Lipinski definition) is 1.